The molecule has 21 heavy (non-hydrogen) atoms. The number of methoxy groups -OCH3 is 1. The Morgan fingerprint density at radius 2 is 1.90 bits per heavy atom. The van der Waals surface area contributed by atoms with E-state index < -0.39 is 11.7 Å². The van der Waals surface area contributed by atoms with E-state index in [-0.39, 0.29) is 29.3 Å². The van der Waals surface area contributed by atoms with E-state index in [4.69, 9.17) is 10.00 Å². The summed E-state index contributed by atoms with van der Waals surface area (Å²) in [5.41, 5.74) is -0.930. The Bertz CT molecular complexity index is 527. The lowest BCUT2D eigenvalue weighted by molar-refractivity contribution is -0.137. The first-order valence-corrected chi connectivity index (χ1v) is 6.47. The van der Waals surface area contributed by atoms with Gasteiger partial charge in [-0.15, -0.1) is 0 Å². The molecule has 0 bridgehead atoms. The third kappa shape index (κ3) is 4.64. The molecule has 0 aliphatic heterocycles. The number of benzene rings is 1. The fourth-order valence-corrected chi connectivity index (χ4v) is 1.95. The average Bonchev–Trinajstić information content (AvgIpc) is 2.36. The maximum Gasteiger partial charge on any atom is 0.418 e. The molecule has 0 aliphatic rings. The minimum atomic E-state index is -4.47. The molecule has 116 valence electrons. The third-order valence-corrected chi connectivity index (χ3v) is 3.18. The van der Waals surface area contributed by atoms with Gasteiger partial charge in [0.2, 0.25) is 0 Å². The van der Waals surface area contributed by atoms with Gasteiger partial charge in [-0.1, -0.05) is 20.8 Å². The molecule has 0 radical (unpaired) electrons. The Labute approximate surface area is 122 Å². The summed E-state index contributed by atoms with van der Waals surface area (Å²) in [4.78, 5) is 0. The van der Waals surface area contributed by atoms with E-state index >= 15 is 0 Å². The van der Waals surface area contributed by atoms with Crippen molar-refractivity contribution in [1.82, 2.24) is 0 Å². The van der Waals surface area contributed by atoms with Crippen LogP contribution in [0.3, 0.4) is 0 Å². The number of nitrogens with one attached hydrogen (secondary N) is 1. The molecule has 0 aromatic heterocycles. The minimum Gasteiger partial charge on any atom is -0.382 e. The highest BCUT2D eigenvalue weighted by Gasteiger charge is 2.34. The second kappa shape index (κ2) is 6.35. The molecular formula is C15H19F3N2O. The normalized spacial score (nSPS) is 13.6. The van der Waals surface area contributed by atoms with Crippen LogP contribution in [0.4, 0.5) is 18.9 Å². The van der Waals surface area contributed by atoms with Gasteiger partial charge in [-0.05, 0) is 23.6 Å². The van der Waals surface area contributed by atoms with Crippen molar-refractivity contribution in [2.24, 2.45) is 5.41 Å². The fourth-order valence-electron chi connectivity index (χ4n) is 1.95. The second-order valence-corrected chi connectivity index (χ2v) is 5.84. The Balaban J connectivity index is 3.04. The molecule has 1 aromatic rings. The van der Waals surface area contributed by atoms with Gasteiger partial charge in [0.05, 0.1) is 23.3 Å². The van der Waals surface area contributed by atoms with Crippen molar-refractivity contribution in [2.75, 3.05) is 19.0 Å². The lowest BCUT2D eigenvalue weighted by atomic mass is 9.89. The summed E-state index contributed by atoms with van der Waals surface area (Å²) < 4.78 is 44.2. The molecule has 1 atom stereocenters. The molecule has 0 saturated carbocycles. The fraction of sp³-hybridized carbons (Fsp3) is 0.533. The number of nitriles is 1. The third-order valence-electron chi connectivity index (χ3n) is 3.18. The summed E-state index contributed by atoms with van der Waals surface area (Å²) in [6.45, 7) is 6.05. The topological polar surface area (TPSA) is 45.0 Å². The zero-order valence-electron chi connectivity index (χ0n) is 12.5. The molecule has 1 aromatic carbocycles. The number of halogens is 3. The average molecular weight is 300 g/mol. The summed E-state index contributed by atoms with van der Waals surface area (Å²) in [5, 5.41) is 11.6. The first kappa shape index (κ1) is 17.3. The van der Waals surface area contributed by atoms with Gasteiger partial charge in [0.1, 0.15) is 0 Å². The van der Waals surface area contributed by atoms with E-state index in [1.165, 1.54) is 13.2 Å². The van der Waals surface area contributed by atoms with E-state index in [0.717, 1.165) is 12.1 Å². The maximum absolute atomic E-state index is 13.0. The van der Waals surface area contributed by atoms with Crippen LogP contribution in [0.15, 0.2) is 18.2 Å². The largest absolute Gasteiger partial charge is 0.418 e. The lowest BCUT2D eigenvalue weighted by Gasteiger charge is -2.30. The Hall–Kier alpha value is -1.74. The highest BCUT2D eigenvalue weighted by molar-refractivity contribution is 5.57. The van der Waals surface area contributed by atoms with Crippen LogP contribution in [0, 0.1) is 16.7 Å². The molecular weight excluding hydrogens is 281 g/mol. The lowest BCUT2D eigenvalue weighted by Crippen LogP contribution is -2.35. The van der Waals surface area contributed by atoms with Crippen LogP contribution in [0.5, 0.6) is 0 Å². The smallest absolute Gasteiger partial charge is 0.382 e. The summed E-state index contributed by atoms with van der Waals surface area (Å²) in [7, 11) is 1.52. The summed E-state index contributed by atoms with van der Waals surface area (Å²) >= 11 is 0. The zero-order valence-corrected chi connectivity index (χ0v) is 12.5. The number of nitrogens with zero attached hydrogens (tertiary/aromatic N) is 1. The van der Waals surface area contributed by atoms with Gasteiger partial charge in [-0.2, -0.15) is 18.4 Å². The SMILES string of the molecule is COC(CNc1cc(C#N)ccc1C(F)(F)F)C(C)(C)C. The maximum atomic E-state index is 13.0. The van der Waals surface area contributed by atoms with Gasteiger partial charge in [-0.25, -0.2) is 0 Å². The van der Waals surface area contributed by atoms with Gasteiger partial charge in [0, 0.05) is 19.3 Å². The van der Waals surface area contributed by atoms with Crippen molar-refractivity contribution >= 4 is 5.69 Å². The quantitative estimate of drug-likeness (QED) is 0.912. The van der Waals surface area contributed by atoms with E-state index in [9.17, 15) is 13.2 Å². The highest BCUT2D eigenvalue weighted by atomic mass is 19.4. The first-order valence-electron chi connectivity index (χ1n) is 6.47. The molecule has 0 amide bonds. The Kier molecular flexibility index (Phi) is 5.24. The van der Waals surface area contributed by atoms with E-state index in [1.54, 1.807) is 0 Å². The number of ether oxygens (including phenoxy) is 1. The number of hydrogen-bond acceptors (Lipinski definition) is 3. The molecule has 0 saturated heterocycles. The van der Waals surface area contributed by atoms with Crippen LogP contribution in [-0.4, -0.2) is 19.8 Å². The standard InChI is InChI=1S/C15H19F3N2O/c1-14(2,3)13(21-4)9-20-12-7-10(8-19)5-6-11(12)15(16,17)18/h5-7,13,20H,9H2,1-4H3. The predicted molar refractivity (Wildman–Crippen MR) is 74.9 cm³/mol. The van der Waals surface area contributed by atoms with Crippen molar-refractivity contribution in [3.05, 3.63) is 29.3 Å². The molecule has 3 nitrogen and oxygen atoms in total. The molecule has 0 heterocycles. The first-order chi connectivity index (χ1) is 9.59. The van der Waals surface area contributed by atoms with Crippen LogP contribution in [-0.2, 0) is 10.9 Å². The molecule has 0 aliphatic carbocycles. The van der Waals surface area contributed by atoms with Crippen LogP contribution >= 0.6 is 0 Å². The van der Waals surface area contributed by atoms with Gasteiger partial charge in [0.25, 0.3) is 0 Å². The molecule has 1 unspecified atom stereocenters. The number of hydrogen-bond donors (Lipinski definition) is 1. The van der Waals surface area contributed by atoms with Crippen molar-refractivity contribution in [3.63, 3.8) is 0 Å². The van der Waals surface area contributed by atoms with Crippen LogP contribution in [0.25, 0.3) is 0 Å². The van der Waals surface area contributed by atoms with E-state index in [1.807, 2.05) is 26.8 Å². The molecule has 0 fully saturated rings. The summed E-state index contributed by atoms with van der Waals surface area (Å²) in [5.74, 6) is 0. The van der Waals surface area contributed by atoms with Crippen LogP contribution in [0.2, 0.25) is 0 Å². The second-order valence-electron chi connectivity index (χ2n) is 5.84. The molecule has 1 rings (SSSR count). The Morgan fingerprint density at radius 1 is 1.29 bits per heavy atom. The minimum absolute atomic E-state index is 0.104. The highest BCUT2D eigenvalue weighted by Crippen LogP contribution is 2.35. The summed E-state index contributed by atoms with van der Waals surface area (Å²) in [6, 6.07) is 5.12. The predicted octanol–water partition coefficient (Wildman–Crippen LogP) is 4.05. The van der Waals surface area contributed by atoms with E-state index in [0.29, 0.717) is 0 Å². The van der Waals surface area contributed by atoms with Crippen LogP contribution < -0.4 is 5.32 Å². The Morgan fingerprint density at radius 3 is 2.33 bits per heavy atom. The van der Waals surface area contributed by atoms with Gasteiger partial charge in [0.15, 0.2) is 0 Å². The van der Waals surface area contributed by atoms with Crippen molar-refractivity contribution < 1.29 is 17.9 Å². The monoisotopic (exact) mass is 300 g/mol. The van der Waals surface area contributed by atoms with Gasteiger partial charge >= 0.3 is 6.18 Å². The molecule has 1 N–H and O–H groups in total. The van der Waals surface area contributed by atoms with Gasteiger partial charge < -0.3 is 10.1 Å². The molecule has 0 spiro atoms. The number of anilines is 1. The summed E-state index contributed by atoms with van der Waals surface area (Å²) in [6.07, 6.45) is -4.73. The zero-order chi connectivity index (χ0) is 16.3. The van der Waals surface area contributed by atoms with Crippen molar-refractivity contribution in [1.29, 1.82) is 5.26 Å². The van der Waals surface area contributed by atoms with E-state index in [2.05, 4.69) is 5.32 Å². The molecule has 6 heteroatoms. The van der Waals surface area contributed by atoms with Crippen molar-refractivity contribution in [3.8, 4) is 6.07 Å². The number of rotatable bonds is 4. The van der Waals surface area contributed by atoms with Crippen molar-refractivity contribution in [2.45, 2.75) is 33.1 Å². The van der Waals surface area contributed by atoms with Crippen LogP contribution in [0.1, 0.15) is 31.9 Å². The number of alkyl halides is 3. The van der Waals surface area contributed by atoms with Gasteiger partial charge in [-0.3, -0.25) is 0 Å².